The fourth-order valence-electron chi connectivity index (χ4n) is 3.36. The fraction of sp³-hybridized carbons (Fsp3) is 0.190. The van der Waals surface area contributed by atoms with E-state index in [9.17, 15) is 15.0 Å². The number of methoxy groups -OCH3 is 1. The molecule has 3 aromatic rings. The highest BCUT2D eigenvalue weighted by Crippen LogP contribution is 2.40. The molecule has 5 heteroatoms. The molecular weight excluding hydrogens is 330 g/mol. The average molecular weight is 351 g/mol. The van der Waals surface area contributed by atoms with Gasteiger partial charge in [-0.05, 0) is 43.2 Å². The van der Waals surface area contributed by atoms with E-state index in [0.717, 1.165) is 5.56 Å². The van der Waals surface area contributed by atoms with Crippen LogP contribution in [0.5, 0.6) is 11.5 Å². The molecule has 0 fully saturated rings. The number of rotatable bonds is 5. The number of ether oxygens (including phenoxy) is 1. The zero-order valence-electron chi connectivity index (χ0n) is 14.9. The van der Waals surface area contributed by atoms with Crippen molar-refractivity contribution in [1.29, 1.82) is 0 Å². The van der Waals surface area contributed by atoms with Crippen molar-refractivity contribution >= 4 is 16.7 Å². The van der Waals surface area contributed by atoms with Crippen molar-refractivity contribution in [3.63, 3.8) is 0 Å². The number of aromatic carboxylic acids is 1. The van der Waals surface area contributed by atoms with Gasteiger partial charge in [0.15, 0.2) is 0 Å². The molecule has 0 bridgehead atoms. The lowest BCUT2D eigenvalue weighted by Crippen LogP contribution is -2.21. The van der Waals surface area contributed by atoms with Crippen LogP contribution in [0.1, 0.15) is 27.5 Å². The van der Waals surface area contributed by atoms with Crippen molar-refractivity contribution in [3.8, 4) is 11.5 Å². The first-order valence-corrected chi connectivity index (χ1v) is 8.22. The summed E-state index contributed by atoms with van der Waals surface area (Å²) in [5, 5.41) is 21.5. The average Bonchev–Trinajstić information content (AvgIpc) is 2.63. The molecule has 0 saturated heterocycles. The van der Waals surface area contributed by atoms with Gasteiger partial charge < -0.3 is 14.9 Å². The van der Waals surface area contributed by atoms with Crippen LogP contribution in [0.3, 0.4) is 0 Å². The fourth-order valence-corrected chi connectivity index (χ4v) is 3.36. The first-order valence-electron chi connectivity index (χ1n) is 8.22. The van der Waals surface area contributed by atoms with Crippen LogP contribution in [-0.4, -0.2) is 42.3 Å². The molecular formula is C21H21NO4. The van der Waals surface area contributed by atoms with Gasteiger partial charge in [-0.1, -0.05) is 36.4 Å². The molecule has 0 aliphatic carbocycles. The molecule has 0 amide bonds. The molecule has 3 aromatic carbocycles. The third-order valence-corrected chi connectivity index (χ3v) is 4.50. The molecule has 5 nitrogen and oxygen atoms in total. The number of benzene rings is 3. The molecule has 2 N–H and O–H groups in total. The lowest BCUT2D eigenvalue weighted by atomic mass is 9.90. The lowest BCUT2D eigenvalue weighted by Gasteiger charge is -2.28. The van der Waals surface area contributed by atoms with E-state index >= 15 is 0 Å². The van der Waals surface area contributed by atoms with Gasteiger partial charge >= 0.3 is 5.97 Å². The number of fused-ring (bicyclic) bond motifs is 1. The van der Waals surface area contributed by atoms with Crippen molar-refractivity contribution in [2.24, 2.45) is 0 Å². The van der Waals surface area contributed by atoms with E-state index < -0.39 is 5.97 Å². The summed E-state index contributed by atoms with van der Waals surface area (Å²) in [6.07, 6.45) is 0. The first kappa shape index (κ1) is 17.8. The Labute approximate surface area is 152 Å². The van der Waals surface area contributed by atoms with Crippen LogP contribution in [-0.2, 0) is 0 Å². The van der Waals surface area contributed by atoms with Crippen LogP contribution >= 0.6 is 0 Å². The number of phenols is 1. The minimum Gasteiger partial charge on any atom is -0.508 e. The summed E-state index contributed by atoms with van der Waals surface area (Å²) in [5.41, 5.74) is 1.72. The zero-order chi connectivity index (χ0) is 18.8. The molecule has 0 aliphatic heterocycles. The van der Waals surface area contributed by atoms with Gasteiger partial charge in [-0.2, -0.15) is 0 Å². The van der Waals surface area contributed by atoms with Gasteiger partial charge in [0.05, 0.1) is 18.7 Å². The Morgan fingerprint density at radius 1 is 1.04 bits per heavy atom. The Bertz CT molecular complexity index is 951. The van der Waals surface area contributed by atoms with Gasteiger partial charge in [0.25, 0.3) is 0 Å². The molecule has 0 spiro atoms. The maximum Gasteiger partial charge on any atom is 0.336 e. The Hall–Kier alpha value is -3.05. The van der Waals surface area contributed by atoms with Crippen LogP contribution in [0.15, 0.2) is 54.6 Å². The van der Waals surface area contributed by atoms with E-state index in [1.807, 2.05) is 49.3 Å². The van der Waals surface area contributed by atoms with Gasteiger partial charge in [0.1, 0.15) is 11.5 Å². The van der Waals surface area contributed by atoms with Gasteiger partial charge in [0, 0.05) is 10.9 Å². The maximum atomic E-state index is 11.7. The number of aromatic hydroxyl groups is 1. The van der Waals surface area contributed by atoms with Crippen molar-refractivity contribution in [1.82, 2.24) is 4.90 Å². The number of phenolic OH excluding ortho intramolecular Hbond substituents is 1. The summed E-state index contributed by atoms with van der Waals surface area (Å²) in [7, 11) is 5.39. The maximum absolute atomic E-state index is 11.7. The molecule has 0 heterocycles. The second-order valence-electron chi connectivity index (χ2n) is 6.35. The van der Waals surface area contributed by atoms with Gasteiger partial charge in [0.2, 0.25) is 0 Å². The smallest absolute Gasteiger partial charge is 0.336 e. The third kappa shape index (κ3) is 3.09. The SMILES string of the molecule is COc1ccc2c(C(c3ccccc3)N(C)C)c(O)cc(C(=O)O)c2c1. The predicted octanol–water partition coefficient (Wildman–Crippen LogP) is 3.90. The number of carboxylic acids is 1. The minimum absolute atomic E-state index is 0.0392. The highest BCUT2D eigenvalue weighted by Gasteiger charge is 2.25. The summed E-state index contributed by atoms with van der Waals surface area (Å²) >= 11 is 0. The summed E-state index contributed by atoms with van der Waals surface area (Å²) in [5.74, 6) is -0.563. The van der Waals surface area contributed by atoms with E-state index in [0.29, 0.717) is 22.1 Å². The zero-order valence-corrected chi connectivity index (χ0v) is 14.9. The highest BCUT2D eigenvalue weighted by molar-refractivity contribution is 6.06. The van der Waals surface area contributed by atoms with E-state index in [1.54, 1.807) is 18.2 Å². The second-order valence-corrected chi connectivity index (χ2v) is 6.35. The summed E-state index contributed by atoms with van der Waals surface area (Å²) in [4.78, 5) is 13.7. The Kier molecular flexibility index (Phi) is 4.82. The highest BCUT2D eigenvalue weighted by atomic mass is 16.5. The monoisotopic (exact) mass is 351 g/mol. The largest absolute Gasteiger partial charge is 0.508 e. The number of carbonyl (C=O) groups is 1. The van der Waals surface area contributed by atoms with Crippen molar-refractivity contribution in [2.75, 3.05) is 21.2 Å². The standard InChI is InChI=1S/C21H21NO4/c1-22(2)20(13-7-5-4-6-8-13)19-15-10-9-14(26-3)11-16(15)17(21(24)25)12-18(19)23/h4-12,20,23H,1-3H3,(H,24,25). The van der Waals surface area contributed by atoms with Crippen LogP contribution in [0, 0.1) is 0 Å². The molecule has 0 saturated carbocycles. The lowest BCUT2D eigenvalue weighted by molar-refractivity contribution is 0.0698. The van der Waals surface area contributed by atoms with Gasteiger partial charge in [-0.15, -0.1) is 0 Å². The van der Waals surface area contributed by atoms with Gasteiger partial charge in [-0.3, -0.25) is 4.90 Å². The molecule has 3 rings (SSSR count). The first-order chi connectivity index (χ1) is 12.4. The molecule has 1 unspecified atom stereocenters. The van der Waals surface area contributed by atoms with Crippen LogP contribution in [0.4, 0.5) is 0 Å². The quantitative estimate of drug-likeness (QED) is 0.729. The molecule has 26 heavy (non-hydrogen) atoms. The topological polar surface area (TPSA) is 70.0 Å². The Morgan fingerprint density at radius 2 is 1.73 bits per heavy atom. The van der Waals surface area contributed by atoms with E-state index in [4.69, 9.17) is 4.74 Å². The molecule has 0 aliphatic rings. The van der Waals surface area contributed by atoms with Gasteiger partial charge in [-0.25, -0.2) is 4.79 Å². The number of carboxylic acid groups (broad SMARTS) is 1. The van der Waals surface area contributed by atoms with E-state index in [-0.39, 0.29) is 17.4 Å². The van der Waals surface area contributed by atoms with Crippen molar-refractivity contribution < 1.29 is 19.7 Å². The third-order valence-electron chi connectivity index (χ3n) is 4.50. The molecule has 134 valence electrons. The van der Waals surface area contributed by atoms with Crippen LogP contribution in [0.25, 0.3) is 10.8 Å². The number of hydrogen-bond donors (Lipinski definition) is 2. The summed E-state index contributed by atoms with van der Waals surface area (Å²) in [6.45, 7) is 0. The van der Waals surface area contributed by atoms with E-state index in [1.165, 1.54) is 13.2 Å². The normalized spacial score (nSPS) is 12.3. The predicted molar refractivity (Wildman–Crippen MR) is 101 cm³/mol. The van der Waals surface area contributed by atoms with Crippen LogP contribution in [0.2, 0.25) is 0 Å². The summed E-state index contributed by atoms with van der Waals surface area (Å²) in [6, 6.07) is 16.2. The number of hydrogen-bond acceptors (Lipinski definition) is 4. The van der Waals surface area contributed by atoms with E-state index in [2.05, 4.69) is 0 Å². The molecule has 1 atom stereocenters. The molecule has 0 radical (unpaired) electrons. The minimum atomic E-state index is -1.09. The van der Waals surface area contributed by atoms with Crippen molar-refractivity contribution in [2.45, 2.75) is 6.04 Å². The number of nitrogens with zero attached hydrogens (tertiary/aromatic N) is 1. The summed E-state index contributed by atoms with van der Waals surface area (Å²) < 4.78 is 5.25. The molecule has 0 aromatic heterocycles. The second kappa shape index (κ2) is 7.06. The van der Waals surface area contributed by atoms with Crippen molar-refractivity contribution in [3.05, 3.63) is 71.3 Å². The Balaban J connectivity index is 2.36. The Morgan fingerprint density at radius 3 is 2.31 bits per heavy atom. The van der Waals surface area contributed by atoms with Crippen LogP contribution < -0.4 is 4.74 Å².